The van der Waals surface area contributed by atoms with Crippen molar-refractivity contribution in [3.05, 3.63) is 53.9 Å². The number of hydrogen-bond donors (Lipinski definition) is 3. The molecule has 0 radical (unpaired) electrons. The molecule has 136 valence electrons. The fourth-order valence-electron chi connectivity index (χ4n) is 2.35. The second-order valence-electron chi connectivity index (χ2n) is 5.53. The van der Waals surface area contributed by atoms with E-state index in [-0.39, 0.29) is 11.3 Å². The molecule has 0 aliphatic heterocycles. The predicted octanol–water partition coefficient (Wildman–Crippen LogP) is 3.58. The summed E-state index contributed by atoms with van der Waals surface area (Å²) in [7, 11) is -1.49. The van der Waals surface area contributed by atoms with E-state index >= 15 is 0 Å². The Morgan fingerprint density at radius 2 is 2.12 bits per heavy atom. The Morgan fingerprint density at radius 3 is 2.88 bits per heavy atom. The second kappa shape index (κ2) is 7.61. The SMILES string of the molecule is CCCS(=O)Nc1ccc(F)c(NC(=O)c2cnc3[nH]ccc3c2)c1F. The molecule has 26 heavy (non-hydrogen) atoms. The number of carbonyl (C=O) groups is 1. The molecule has 3 N–H and O–H groups in total. The van der Waals surface area contributed by atoms with Crippen molar-refractivity contribution in [2.45, 2.75) is 13.3 Å². The molecular formula is C17H16F2N4O2S. The average Bonchev–Trinajstić information content (AvgIpc) is 3.09. The minimum absolute atomic E-state index is 0.146. The van der Waals surface area contributed by atoms with Gasteiger partial charge >= 0.3 is 0 Å². The standard InChI is InChI=1S/C17H16F2N4O2S/c1-2-7-26(25)23-13-4-3-12(18)15(14(13)19)22-17(24)11-8-10-5-6-20-16(10)21-9-11/h3-6,8-9,23H,2,7H2,1H3,(H,20,21)(H,22,24). The smallest absolute Gasteiger partial charge is 0.257 e. The molecule has 0 aliphatic rings. The first-order chi connectivity index (χ1) is 12.5. The van der Waals surface area contributed by atoms with Crippen molar-refractivity contribution in [2.75, 3.05) is 15.8 Å². The fraction of sp³-hybridized carbons (Fsp3) is 0.176. The van der Waals surface area contributed by atoms with Crippen LogP contribution in [0.2, 0.25) is 0 Å². The van der Waals surface area contributed by atoms with Crippen molar-refractivity contribution in [1.82, 2.24) is 9.97 Å². The predicted molar refractivity (Wildman–Crippen MR) is 97.3 cm³/mol. The summed E-state index contributed by atoms with van der Waals surface area (Å²) in [6, 6.07) is 5.43. The molecule has 0 saturated heterocycles. The second-order valence-corrected chi connectivity index (χ2v) is 6.83. The summed E-state index contributed by atoms with van der Waals surface area (Å²) in [5.41, 5.74) is 0.00249. The number of benzene rings is 1. The van der Waals surface area contributed by atoms with E-state index in [1.807, 2.05) is 6.92 Å². The molecule has 3 rings (SSSR count). The van der Waals surface area contributed by atoms with Crippen LogP contribution in [-0.2, 0) is 11.0 Å². The lowest BCUT2D eigenvalue weighted by Crippen LogP contribution is -2.16. The Kier molecular flexibility index (Phi) is 5.27. The number of H-pyrrole nitrogens is 1. The Hall–Kier alpha value is -2.81. The molecule has 6 nitrogen and oxygen atoms in total. The molecule has 0 fully saturated rings. The van der Waals surface area contributed by atoms with Crippen molar-refractivity contribution in [2.24, 2.45) is 0 Å². The van der Waals surface area contributed by atoms with Crippen LogP contribution in [0.1, 0.15) is 23.7 Å². The zero-order valence-corrected chi connectivity index (χ0v) is 14.6. The van der Waals surface area contributed by atoms with Crippen LogP contribution in [-0.4, -0.2) is 25.8 Å². The molecule has 0 saturated carbocycles. The lowest BCUT2D eigenvalue weighted by atomic mass is 10.2. The number of aromatic amines is 1. The lowest BCUT2D eigenvalue weighted by molar-refractivity contribution is 0.102. The minimum Gasteiger partial charge on any atom is -0.346 e. The molecule has 2 aromatic heterocycles. The molecule has 0 aliphatic carbocycles. The highest BCUT2D eigenvalue weighted by Crippen LogP contribution is 2.27. The van der Waals surface area contributed by atoms with E-state index in [1.54, 1.807) is 18.3 Å². The van der Waals surface area contributed by atoms with Crippen LogP contribution in [0.4, 0.5) is 20.2 Å². The summed E-state index contributed by atoms with van der Waals surface area (Å²) < 4.78 is 42.8. The number of amides is 1. The van der Waals surface area contributed by atoms with Gasteiger partial charge in [-0.1, -0.05) is 6.92 Å². The van der Waals surface area contributed by atoms with Crippen molar-refractivity contribution < 1.29 is 17.8 Å². The summed E-state index contributed by atoms with van der Waals surface area (Å²) in [6.07, 6.45) is 3.62. The van der Waals surface area contributed by atoms with Gasteiger partial charge in [0.15, 0.2) is 5.82 Å². The molecule has 0 spiro atoms. The van der Waals surface area contributed by atoms with Crippen molar-refractivity contribution >= 4 is 39.3 Å². The summed E-state index contributed by atoms with van der Waals surface area (Å²) in [4.78, 5) is 19.3. The Bertz CT molecular complexity index is 990. The first kappa shape index (κ1) is 18.0. The quantitative estimate of drug-likeness (QED) is 0.613. The Morgan fingerprint density at radius 1 is 1.31 bits per heavy atom. The van der Waals surface area contributed by atoms with Gasteiger partial charge in [0.1, 0.15) is 28.1 Å². The number of halogens is 2. The van der Waals surface area contributed by atoms with Crippen LogP contribution in [0.15, 0.2) is 36.7 Å². The van der Waals surface area contributed by atoms with Crippen molar-refractivity contribution in [1.29, 1.82) is 0 Å². The summed E-state index contributed by atoms with van der Waals surface area (Å²) in [5.74, 6) is -2.33. The van der Waals surface area contributed by atoms with E-state index in [9.17, 15) is 17.8 Å². The number of aromatic nitrogens is 2. The van der Waals surface area contributed by atoms with E-state index in [0.717, 1.165) is 12.1 Å². The highest BCUT2D eigenvalue weighted by atomic mass is 32.2. The lowest BCUT2D eigenvalue weighted by Gasteiger charge is -2.12. The number of nitrogens with one attached hydrogen (secondary N) is 3. The zero-order chi connectivity index (χ0) is 18.7. The number of anilines is 2. The Balaban J connectivity index is 1.86. The molecule has 1 atom stereocenters. The van der Waals surface area contributed by atoms with Crippen LogP contribution < -0.4 is 10.0 Å². The Labute approximate surface area is 150 Å². The maximum atomic E-state index is 14.5. The van der Waals surface area contributed by atoms with Gasteiger partial charge in [-0.05, 0) is 30.7 Å². The summed E-state index contributed by atoms with van der Waals surface area (Å²) in [6.45, 7) is 1.83. The summed E-state index contributed by atoms with van der Waals surface area (Å²) in [5, 5.41) is 2.92. The van der Waals surface area contributed by atoms with Crippen LogP contribution in [0.25, 0.3) is 11.0 Å². The topological polar surface area (TPSA) is 86.9 Å². The third-order valence-electron chi connectivity index (χ3n) is 3.61. The minimum atomic E-state index is -1.49. The molecule has 3 aromatic rings. The number of nitrogens with zero attached hydrogens (tertiary/aromatic N) is 1. The van der Waals surface area contributed by atoms with Crippen molar-refractivity contribution in [3.8, 4) is 0 Å². The van der Waals surface area contributed by atoms with Gasteiger partial charge in [0.25, 0.3) is 5.91 Å². The number of rotatable bonds is 6. The molecule has 2 heterocycles. The van der Waals surface area contributed by atoms with Crippen LogP contribution in [0.5, 0.6) is 0 Å². The molecular weight excluding hydrogens is 362 g/mol. The van der Waals surface area contributed by atoms with Gasteiger partial charge in [0.2, 0.25) is 0 Å². The van der Waals surface area contributed by atoms with E-state index in [1.165, 1.54) is 6.20 Å². The monoisotopic (exact) mass is 378 g/mol. The first-order valence-corrected chi connectivity index (χ1v) is 9.19. The highest BCUT2D eigenvalue weighted by molar-refractivity contribution is 7.86. The van der Waals surface area contributed by atoms with Crippen LogP contribution in [0, 0.1) is 11.6 Å². The normalized spacial score (nSPS) is 12.1. The van der Waals surface area contributed by atoms with Gasteiger partial charge in [0.05, 0.1) is 11.3 Å². The maximum Gasteiger partial charge on any atom is 0.257 e. The maximum absolute atomic E-state index is 14.5. The third-order valence-corrected chi connectivity index (χ3v) is 4.83. The van der Waals surface area contributed by atoms with Crippen LogP contribution in [0.3, 0.4) is 0 Å². The van der Waals surface area contributed by atoms with E-state index < -0.39 is 34.2 Å². The van der Waals surface area contributed by atoms with Gasteiger partial charge in [-0.3, -0.25) is 4.79 Å². The zero-order valence-electron chi connectivity index (χ0n) is 13.8. The molecule has 1 amide bonds. The number of hydrogen-bond acceptors (Lipinski definition) is 3. The van der Waals surface area contributed by atoms with Gasteiger partial charge in [-0.2, -0.15) is 0 Å². The number of pyridine rings is 1. The fourth-order valence-corrected chi connectivity index (χ4v) is 3.23. The largest absolute Gasteiger partial charge is 0.346 e. The third kappa shape index (κ3) is 3.72. The van der Waals surface area contributed by atoms with Gasteiger partial charge < -0.3 is 15.0 Å². The van der Waals surface area contributed by atoms with Crippen LogP contribution >= 0.6 is 0 Å². The van der Waals surface area contributed by atoms with E-state index in [2.05, 4.69) is 20.0 Å². The molecule has 1 unspecified atom stereocenters. The number of fused-ring (bicyclic) bond motifs is 1. The van der Waals surface area contributed by atoms with E-state index in [0.29, 0.717) is 23.2 Å². The van der Waals surface area contributed by atoms with E-state index in [4.69, 9.17) is 0 Å². The molecule has 1 aromatic carbocycles. The highest BCUT2D eigenvalue weighted by Gasteiger charge is 2.18. The summed E-state index contributed by atoms with van der Waals surface area (Å²) >= 11 is 0. The van der Waals surface area contributed by atoms with Crippen molar-refractivity contribution in [3.63, 3.8) is 0 Å². The first-order valence-electron chi connectivity index (χ1n) is 7.87. The van der Waals surface area contributed by atoms with Gasteiger partial charge in [-0.15, -0.1) is 0 Å². The number of carbonyl (C=O) groups excluding carboxylic acids is 1. The van der Waals surface area contributed by atoms with Gasteiger partial charge in [-0.25, -0.2) is 18.0 Å². The molecule has 0 bridgehead atoms. The molecule has 9 heteroatoms. The van der Waals surface area contributed by atoms with Gasteiger partial charge in [0, 0.05) is 23.5 Å². The average molecular weight is 378 g/mol.